The molecule has 1 amide bonds. The van der Waals surface area contributed by atoms with E-state index < -0.39 is 10.0 Å². The third kappa shape index (κ3) is 5.25. The Morgan fingerprint density at radius 1 is 1.11 bits per heavy atom. The van der Waals surface area contributed by atoms with Gasteiger partial charge in [0, 0.05) is 41.7 Å². The van der Waals surface area contributed by atoms with E-state index in [4.69, 9.17) is 11.6 Å². The molecule has 1 fully saturated rings. The van der Waals surface area contributed by atoms with Crippen molar-refractivity contribution in [2.45, 2.75) is 23.5 Å². The lowest BCUT2D eigenvalue weighted by molar-refractivity contribution is -0.117. The van der Waals surface area contributed by atoms with Gasteiger partial charge in [-0.25, -0.2) is 13.1 Å². The number of nitrogens with zero attached hydrogens (tertiary/aromatic N) is 1. The van der Waals surface area contributed by atoms with Gasteiger partial charge in [-0.05, 0) is 42.3 Å². The van der Waals surface area contributed by atoms with Crippen molar-refractivity contribution in [2.75, 3.05) is 23.7 Å². The van der Waals surface area contributed by atoms with Gasteiger partial charge in [0.05, 0.1) is 4.90 Å². The van der Waals surface area contributed by atoms with Gasteiger partial charge in [0.15, 0.2) is 0 Å². The fourth-order valence-electron chi connectivity index (χ4n) is 2.86. The first-order chi connectivity index (χ1) is 13.0. The summed E-state index contributed by atoms with van der Waals surface area (Å²) >= 11 is 7.73. The summed E-state index contributed by atoms with van der Waals surface area (Å²) in [7, 11) is -3.56. The number of rotatable bonds is 8. The topological polar surface area (TPSA) is 66.5 Å². The van der Waals surface area contributed by atoms with Gasteiger partial charge in [-0.2, -0.15) is 11.8 Å². The number of thioether (sulfide) groups is 1. The number of benzene rings is 2. The highest BCUT2D eigenvalue weighted by Gasteiger charge is 2.22. The van der Waals surface area contributed by atoms with Crippen molar-refractivity contribution < 1.29 is 13.2 Å². The van der Waals surface area contributed by atoms with Crippen molar-refractivity contribution in [3.05, 3.63) is 59.1 Å². The van der Waals surface area contributed by atoms with Crippen LogP contribution < -0.4 is 9.62 Å². The SMILES string of the molecule is O=C1CCCN1c1ccc(S(=O)(=O)NCCSCc2ccccc2Cl)cc1. The minimum atomic E-state index is -3.56. The van der Waals surface area contributed by atoms with Crippen molar-refractivity contribution >= 4 is 45.0 Å². The number of hydrogen-bond donors (Lipinski definition) is 1. The molecule has 2 aromatic carbocycles. The van der Waals surface area contributed by atoms with Crippen molar-refractivity contribution in [1.82, 2.24) is 4.72 Å². The predicted octanol–water partition coefficient (Wildman–Crippen LogP) is 3.68. The molecule has 0 bridgehead atoms. The minimum Gasteiger partial charge on any atom is -0.312 e. The average molecular weight is 425 g/mol. The van der Waals surface area contributed by atoms with E-state index in [1.807, 2.05) is 24.3 Å². The van der Waals surface area contributed by atoms with E-state index in [2.05, 4.69) is 4.72 Å². The van der Waals surface area contributed by atoms with Gasteiger partial charge in [-0.1, -0.05) is 29.8 Å². The van der Waals surface area contributed by atoms with Crippen LogP contribution in [0, 0.1) is 0 Å². The maximum absolute atomic E-state index is 12.4. The van der Waals surface area contributed by atoms with E-state index in [1.165, 1.54) is 0 Å². The summed E-state index contributed by atoms with van der Waals surface area (Å²) < 4.78 is 27.4. The molecule has 8 heteroatoms. The summed E-state index contributed by atoms with van der Waals surface area (Å²) in [4.78, 5) is 13.7. The zero-order valence-corrected chi connectivity index (χ0v) is 17.1. The summed E-state index contributed by atoms with van der Waals surface area (Å²) in [5, 5.41) is 0.724. The number of anilines is 1. The molecule has 0 radical (unpaired) electrons. The van der Waals surface area contributed by atoms with Gasteiger partial charge in [-0.3, -0.25) is 4.79 Å². The average Bonchev–Trinajstić information content (AvgIpc) is 3.09. The zero-order chi connectivity index (χ0) is 19.3. The van der Waals surface area contributed by atoms with Crippen LogP contribution in [0.25, 0.3) is 0 Å². The van der Waals surface area contributed by atoms with E-state index in [-0.39, 0.29) is 10.8 Å². The number of carbonyl (C=O) groups is 1. The summed E-state index contributed by atoms with van der Waals surface area (Å²) in [5.74, 6) is 1.46. The Kier molecular flexibility index (Phi) is 6.81. The third-order valence-corrected chi connectivity index (χ3v) is 7.14. The van der Waals surface area contributed by atoms with Gasteiger partial charge < -0.3 is 4.90 Å². The van der Waals surface area contributed by atoms with Crippen molar-refractivity contribution in [2.24, 2.45) is 0 Å². The van der Waals surface area contributed by atoms with Crippen LogP contribution >= 0.6 is 23.4 Å². The lowest BCUT2D eigenvalue weighted by atomic mass is 10.2. The van der Waals surface area contributed by atoms with Gasteiger partial charge in [0.1, 0.15) is 0 Å². The molecule has 2 aromatic rings. The van der Waals surface area contributed by atoms with Crippen LogP contribution in [-0.4, -0.2) is 33.2 Å². The molecule has 1 saturated heterocycles. The van der Waals surface area contributed by atoms with Crippen molar-refractivity contribution in [3.63, 3.8) is 0 Å². The molecule has 0 aromatic heterocycles. The Balaban J connectivity index is 1.49. The van der Waals surface area contributed by atoms with Crippen LogP contribution in [0.15, 0.2) is 53.4 Å². The number of halogens is 1. The molecular formula is C19H21ClN2O3S2. The summed E-state index contributed by atoms with van der Waals surface area (Å²) in [6, 6.07) is 14.1. The fourth-order valence-corrected chi connectivity index (χ4v) is 5.16. The molecular weight excluding hydrogens is 404 g/mol. The standard InChI is InChI=1S/C19H21ClN2O3S2/c20-18-5-2-1-4-15(18)14-26-13-11-21-27(24,25)17-9-7-16(8-10-17)22-12-3-6-19(22)23/h1-2,4-5,7-10,21H,3,6,11-14H2. The highest BCUT2D eigenvalue weighted by molar-refractivity contribution is 7.98. The number of carbonyl (C=O) groups excluding carboxylic acids is 1. The van der Waals surface area contributed by atoms with E-state index in [9.17, 15) is 13.2 Å². The molecule has 0 saturated carbocycles. The molecule has 0 unspecified atom stereocenters. The Morgan fingerprint density at radius 3 is 2.52 bits per heavy atom. The number of amides is 1. The van der Waals surface area contributed by atoms with Crippen LogP contribution in [-0.2, 0) is 20.6 Å². The number of nitrogens with one attached hydrogen (secondary N) is 1. The Labute approximate surface area is 169 Å². The maximum atomic E-state index is 12.4. The highest BCUT2D eigenvalue weighted by atomic mass is 35.5. The maximum Gasteiger partial charge on any atom is 0.240 e. The smallest absolute Gasteiger partial charge is 0.240 e. The van der Waals surface area contributed by atoms with Crippen LogP contribution in [0.1, 0.15) is 18.4 Å². The summed E-state index contributed by atoms with van der Waals surface area (Å²) in [5.41, 5.74) is 1.78. The van der Waals surface area contributed by atoms with E-state index in [0.29, 0.717) is 25.3 Å². The van der Waals surface area contributed by atoms with E-state index >= 15 is 0 Å². The fraction of sp³-hybridized carbons (Fsp3) is 0.316. The number of sulfonamides is 1. The summed E-state index contributed by atoms with van der Waals surface area (Å²) in [6.07, 6.45) is 1.39. The molecule has 1 aliphatic rings. The predicted molar refractivity (Wildman–Crippen MR) is 111 cm³/mol. The normalized spacial score (nSPS) is 14.7. The van der Waals surface area contributed by atoms with Crippen molar-refractivity contribution in [3.8, 4) is 0 Å². The lowest BCUT2D eigenvalue weighted by Gasteiger charge is -2.16. The van der Waals surface area contributed by atoms with Crippen LogP contribution in [0.3, 0.4) is 0 Å². The Morgan fingerprint density at radius 2 is 1.85 bits per heavy atom. The van der Waals surface area contributed by atoms with Crippen LogP contribution in [0.5, 0.6) is 0 Å². The van der Waals surface area contributed by atoms with Gasteiger partial charge >= 0.3 is 0 Å². The van der Waals surface area contributed by atoms with Crippen LogP contribution in [0.4, 0.5) is 5.69 Å². The largest absolute Gasteiger partial charge is 0.312 e. The second-order valence-corrected chi connectivity index (χ2v) is 9.46. The molecule has 5 nitrogen and oxygen atoms in total. The molecule has 1 N–H and O–H groups in total. The summed E-state index contributed by atoms with van der Waals surface area (Å²) in [6.45, 7) is 1.02. The molecule has 0 spiro atoms. The van der Waals surface area contributed by atoms with Crippen LogP contribution in [0.2, 0.25) is 5.02 Å². The number of hydrogen-bond acceptors (Lipinski definition) is 4. The molecule has 27 heavy (non-hydrogen) atoms. The first kappa shape index (κ1) is 20.2. The molecule has 144 valence electrons. The minimum absolute atomic E-state index is 0.0827. The third-order valence-electron chi connectivity index (χ3n) is 4.29. The quantitative estimate of drug-likeness (QED) is 0.656. The second kappa shape index (κ2) is 9.10. The Hall–Kier alpha value is -1.54. The highest BCUT2D eigenvalue weighted by Crippen LogP contribution is 2.23. The van der Waals surface area contributed by atoms with E-state index in [0.717, 1.165) is 28.4 Å². The first-order valence-corrected chi connectivity index (χ1v) is 11.7. The first-order valence-electron chi connectivity index (χ1n) is 8.68. The lowest BCUT2D eigenvalue weighted by Crippen LogP contribution is -2.26. The molecule has 3 rings (SSSR count). The van der Waals surface area contributed by atoms with Gasteiger partial charge in [-0.15, -0.1) is 0 Å². The van der Waals surface area contributed by atoms with Crippen molar-refractivity contribution in [1.29, 1.82) is 0 Å². The molecule has 1 aliphatic heterocycles. The molecule has 0 atom stereocenters. The second-order valence-electron chi connectivity index (χ2n) is 6.18. The molecule has 0 aliphatic carbocycles. The Bertz CT molecular complexity index is 901. The zero-order valence-electron chi connectivity index (χ0n) is 14.7. The molecule has 1 heterocycles. The van der Waals surface area contributed by atoms with Gasteiger partial charge in [0.25, 0.3) is 0 Å². The van der Waals surface area contributed by atoms with Gasteiger partial charge in [0.2, 0.25) is 15.9 Å². The monoisotopic (exact) mass is 424 g/mol. The van der Waals surface area contributed by atoms with E-state index in [1.54, 1.807) is 40.9 Å².